The second-order valence-corrected chi connectivity index (χ2v) is 2.57. The van der Waals surface area contributed by atoms with Crippen LogP contribution in [0.2, 0.25) is 0 Å². The standard InChI is InChI=1S/C9H12.Cu.Hf.Ni/c1-8(2)9-6-4-3-5-7-9;;;/h3-8H,1-2H3;;;. The molecule has 1 aromatic carbocycles. The minimum atomic E-state index is 0. The van der Waals surface area contributed by atoms with E-state index in [4.69, 9.17) is 0 Å². The molecular formula is C9H12CuHfNi. The van der Waals surface area contributed by atoms with Crippen LogP contribution in [0.4, 0.5) is 0 Å². The molecule has 1 radical (unpaired) electrons. The van der Waals surface area contributed by atoms with Crippen LogP contribution in [-0.4, -0.2) is 0 Å². The van der Waals surface area contributed by atoms with E-state index in [1.54, 1.807) is 0 Å². The molecule has 0 amide bonds. The van der Waals surface area contributed by atoms with Crippen molar-refractivity contribution in [2.45, 2.75) is 19.8 Å². The molecule has 0 N–H and O–H groups in total. The van der Waals surface area contributed by atoms with E-state index in [0.717, 1.165) is 0 Å². The summed E-state index contributed by atoms with van der Waals surface area (Å²) in [5, 5.41) is 0. The minimum absolute atomic E-state index is 0. The summed E-state index contributed by atoms with van der Waals surface area (Å²) in [5.41, 5.74) is 1.41. The predicted molar refractivity (Wildman–Crippen MR) is 40.5 cm³/mol. The van der Waals surface area contributed by atoms with Crippen molar-refractivity contribution in [1.29, 1.82) is 0 Å². The Bertz CT molecular complexity index is 177. The summed E-state index contributed by atoms with van der Waals surface area (Å²) in [5.74, 6) is 0.659. The van der Waals surface area contributed by atoms with Crippen LogP contribution in [0.15, 0.2) is 30.3 Å². The van der Waals surface area contributed by atoms with Crippen LogP contribution in [0.5, 0.6) is 0 Å². The molecule has 0 unspecified atom stereocenters. The number of benzene rings is 1. The summed E-state index contributed by atoms with van der Waals surface area (Å²) in [7, 11) is 0. The van der Waals surface area contributed by atoms with Crippen molar-refractivity contribution in [1.82, 2.24) is 0 Å². The molecule has 1 aromatic rings. The third-order valence-electron chi connectivity index (χ3n) is 1.47. The first-order valence-electron chi connectivity index (χ1n) is 3.35. The third kappa shape index (κ3) is 6.60. The number of hydrogen-bond donors (Lipinski definition) is 0. The van der Waals surface area contributed by atoms with Crippen LogP contribution in [0.3, 0.4) is 0 Å². The van der Waals surface area contributed by atoms with E-state index in [9.17, 15) is 0 Å². The molecule has 73 valence electrons. The van der Waals surface area contributed by atoms with Gasteiger partial charge in [-0.2, -0.15) is 0 Å². The third-order valence-corrected chi connectivity index (χ3v) is 1.47. The van der Waals surface area contributed by atoms with Crippen molar-refractivity contribution >= 4 is 0 Å². The van der Waals surface area contributed by atoms with Gasteiger partial charge in [0.25, 0.3) is 0 Å². The molecule has 0 fully saturated rings. The Hall–Kier alpha value is 1.10. The Labute approximate surface area is 114 Å². The summed E-state index contributed by atoms with van der Waals surface area (Å²) in [6.45, 7) is 4.41. The Morgan fingerprint density at radius 3 is 1.67 bits per heavy atom. The van der Waals surface area contributed by atoms with Gasteiger partial charge < -0.3 is 0 Å². The average Bonchev–Trinajstić information content (AvgIpc) is 1.90. The fraction of sp³-hybridized carbons (Fsp3) is 0.333. The van der Waals surface area contributed by atoms with Crippen LogP contribution in [0, 0.1) is 0 Å². The van der Waals surface area contributed by atoms with Gasteiger partial charge in [-0.1, -0.05) is 44.2 Å². The van der Waals surface area contributed by atoms with Crippen LogP contribution >= 0.6 is 0 Å². The molecule has 0 heterocycles. The molecule has 1 rings (SSSR count). The van der Waals surface area contributed by atoms with E-state index in [0.29, 0.717) is 5.92 Å². The number of hydrogen-bond acceptors (Lipinski definition) is 0. The molecule has 3 heteroatoms. The fourth-order valence-electron chi connectivity index (χ4n) is 0.838. The van der Waals surface area contributed by atoms with Crippen molar-refractivity contribution in [3.63, 3.8) is 0 Å². The van der Waals surface area contributed by atoms with Crippen molar-refractivity contribution < 1.29 is 59.4 Å². The zero-order valence-corrected chi connectivity index (χ0v) is 12.6. The smallest absolute Gasteiger partial charge is 0 e. The van der Waals surface area contributed by atoms with E-state index < -0.39 is 0 Å². The summed E-state index contributed by atoms with van der Waals surface area (Å²) < 4.78 is 0. The fourth-order valence-corrected chi connectivity index (χ4v) is 0.838. The van der Waals surface area contributed by atoms with Gasteiger partial charge in [-0.25, -0.2) is 0 Å². The maximum atomic E-state index is 2.20. The average molecular weight is 421 g/mol. The predicted octanol–water partition coefficient (Wildman–Crippen LogP) is 2.80. The molecular weight excluding hydrogens is 409 g/mol. The zero-order valence-electron chi connectivity index (χ0n) is 7.08. The first-order chi connectivity index (χ1) is 4.30. The summed E-state index contributed by atoms with van der Waals surface area (Å²) >= 11 is 0. The molecule has 0 aliphatic rings. The van der Waals surface area contributed by atoms with E-state index in [2.05, 4.69) is 38.1 Å². The topological polar surface area (TPSA) is 0 Å². The van der Waals surface area contributed by atoms with E-state index in [1.807, 2.05) is 6.07 Å². The van der Waals surface area contributed by atoms with Crippen LogP contribution in [-0.2, 0) is 59.4 Å². The normalized spacial score (nSPS) is 7.58. The minimum Gasteiger partial charge on any atom is -0.0622 e. The van der Waals surface area contributed by atoms with Gasteiger partial charge in [0.05, 0.1) is 0 Å². The second-order valence-electron chi connectivity index (χ2n) is 2.57. The first-order valence-corrected chi connectivity index (χ1v) is 3.35. The van der Waals surface area contributed by atoms with Gasteiger partial charge in [0.2, 0.25) is 0 Å². The first kappa shape index (κ1) is 18.8. The maximum absolute atomic E-state index is 2.20. The van der Waals surface area contributed by atoms with Crippen LogP contribution in [0.25, 0.3) is 0 Å². The van der Waals surface area contributed by atoms with Crippen LogP contribution < -0.4 is 0 Å². The molecule has 0 aromatic heterocycles. The maximum Gasteiger partial charge on any atom is 0 e. The summed E-state index contributed by atoms with van der Waals surface area (Å²) in [6, 6.07) is 10.5. The zero-order chi connectivity index (χ0) is 6.69. The molecule has 12 heavy (non-hydrogen) atoms. The number of rotatable bonds is 1. The quantitative estimate of drug-likeness (QED) is 0.613. The SMILES string of the molecule is CC(C)c1ccccc1.[Cu].[Hf].[Ni]. The van der Waals surface area contributed by atoms with Gasteiger partial charge >= 0.3 is 0 Å². The largest absolute Gasteiger partial charge is 0.0622 e. The monoisotopic (exact) mass is 421 g/mol. The van der Waals surface area contributed by atoms with Crippen molar-refractivity contribution in [3.05, 3.63) is 35.9 Å². The van der Waals surface area contributed by atoms with Gasteiger partial charge in [0.1, 0.15) is 0 Å². The molecule has 0 spiro atoms. The second kappa shape index (κ2) is 10.2. The molecule has 0 aliphatic carbocycles. The molecule has 0 bridgehead atoms. The summed E-state index contributed by atoms with van der Waals surface area (Å²) in [6.07, 6.45) is 0. The van der Waals surface area contributed by atoms with Gasteiger partial charge in [0.15, 0.2) is 0 Å². The molecule has 0 nitrogen and oxygen atoms in total. The van der Waals surface area contributed by atoms with E-state index in [1.165, 1.54) is 5.56 Å². The Kier molecular flexibility index (Phi) is 16.0. The summed E-state index contributed by atoms with van der Waals surface area (Å²) in [4.78, 5) is 0. The Morgan fingerprint density at radius 2 is 1.42 bits per heavy atom. The molecule has 0 aliphatic heterocycles. The van der Waals surface area contributed by atoms with E-state index >= 15 is 0 Å². The molecule has 0 saturated heterocycles. The Morgan fingerprint density at radius 1 is 1.00 bits per heavy atom. The van der Waals surface area contributed by atoms with Gasteiger partial charge in [-0.15, -0.1) is 0 Å². The molecule has 0 saturated carbocycles. The van der Waals surface area contributed by atoms with Crippen LogP contribution in [0.1, 0.15) is 25.3 Å². The molecule has 0 atom stereocenters. The van der Waals surface area contributed by atoms with Gasteiger partial charge in [-0.3, -0.25) is 0 Å². The van der Waals surface area contributed by atoms with Crippen molar-refractivity contribution in [3.8, 4) is 0 Å². The Balaban J connectivity index is -0.000000270. The van der Waals surface area contributed by atoms with Crippen molar-refractivity contribution in [2.75, 3.05) is 0 Å². The van der Waals surface area contributed by atoms with E-state index in [-0.39, 0.29) is 59.4 Å². The van der Waals surface area contributed by atoms with Crippen molar-refractivity contribution in [2.24, 2.45) is 0 Å². The van der Waals surface area contributed by atoms with Gasteiger partial charge in [-0.05, 0) is 11.5 Å². The van der Waals surface area contributed by atoms with Gasteiger partial charge in [0, 0.05) is 59.4 Å².